The third-order valence-corrected chi connectivity index (χ3v) is 4.45. The molecule has 24 heavy (non-hydrogen) atoms. The topological polar surface area (TPSA) is 45.2 Å². The van der Waals surface area contributed by atoms with Crippen molar-refractivity contribution in [2.45, 2.75) is 38.6 Å². The zero-order chi connectivity index (χ0) is 16.9. The van der Waals surface area contributed by atoms with E-state index in [2.05, 4.69) is 17.2 Å². The number of rotatable bonds is 4. The molecule has 1 N–H and O–H groups in total. The van der Waals surface area contributed by atoms with Crippen LogP contribution in [0.25, 0.3) is 0 Å². The Kier molecular flexibility index (Phi) is 5.08. The fraction of sp³-hybridized carbons (Fsp3) is 0.368. The Bertz CT molecular complexity index is 719. The summed E-state index contributed by atoms with van der Waals surface area (Å²) in [7, 11) is 0. The summed E-state index contributed by atoms with van der Waals surface area (Å²) in [6.45, 7) is 2.91. The summed E-state index contributed by atoms with van der Waals surface area (Å²) < 4.78 is 13.3. The standard InChI is InChI=1S/C19H22FN3O/c1-2-17-8-3-4-11-23(17)19(24)18-13-16(9-10-21-18)22-15-7-5-6-14(20)12-15/h5-7,9-10,12-13,17H,2-4,8,11H2,1H3,(H,21,22). The molecular weight excluding hydrogens is 305 g/mol. The van der Waals surface area contributed by atoms with Gasteiger partial charge in [-0.1, -0.05) is 13.0 Å². The van der Waals surface area contributed by atoms with Crippen molar-refractivity contribution in [1.82, 2.24) is 9.88 Å². The molecule has 0 saturated carbocycles. The van der Waals surface area contributed by atoms with E-state index in [1.165, 1.54) is 18.6 Å². The third-order valence-electron chi connectivity index (χ3n) is 4.45. The number of aromatic nitrogens is 1. The Balaban J connectivity index is 1.78. The van der Waals surface area contributed by atoms with Crippen LogP contribution in [0, 0.1) is 5.82 Å². The van der Waals surface area contributed by atoms with Crippen LogP contribution in [0.15, 0.2) is 42.6 Å². The lowest BCUT2D eigenvalue weighted by atomic mass is 9.99. The number of anilines is 2. The molecule has 1 saturated heterocycles. The number of nitrogens with one attached hydrogen (secondary N) is 1. The number of hydrogen-bond acceptors (Lipinski definition) is 3. The van der Waals surface area contributed by atoms with Crippen LogP contribution in [-0.4, -0.2) is 28.4 Å². The van der Waals surface area contributed by atoms with E-state index < -0.39 is 0 Å². The van der Waals surface area contributed by atoms with Gasteiger partial charge in [-0.25, -0.2) is 4.39 Å². The van der Waals surface area contributed by atoms with Crippen molar-refractivity contribution in [1.29, 1.82) is 0 Å². The van der Waals surface area contributed by atoms with Gasteiger partial charge in [-0.15, -0.1) is 0 Å². The Morgan fingerprint density at radius 2 is 2.12 bits per heavy atom. The van der Waals surface area contributed by atoms with Crippen LogP contribution >= 0.6 is 0 Å². The second-order valence-corrected chi connectivity index (χ2v) is 6.12. The highest BCUT2D eigenvalue weighted by molar-refractivity contribution is 5.93. The first-order chi connectivity index (χ1) is 11.7. The molecular formula is C19H22FN3O. The van der Waals surface area contributed by atoms with E-state index in [0.717, 1.165) is 31.5 Å². The molecule has 0 bridgehead atoms. The number of hydrogen-bond donors (Lipinski definition) is 1. The van der Waals surface area contributed by atoms with Gasteiger partial charge in [0.15, 0.2) is 0 Å². The molecule has 4 nitrogen and oxygen atoms in total. The summed E-state index contributed by atoms with van der Waals surface area (Å²) >= 11 is 0. The Labute approximate surface area is 141 Å². The number of likely N-dealkylation sites (tertiary alicyclic amines) is 1. The number of halogens is 1. The lowest BCUT2D eigenvalue weighted by Crippen LogP contribution is -2.43. The van der Waals surface area contributed by atoms with E-state index in [9.17, 15) is 9.18 Å². The van der Waals surface area contributed by atoms with Crippen molar-refractivity contribution in [2.75, 3.05) is 11.9 Å². The number of pyridine rings is 1. The number of carbonyl (C=O) groups excluding carboxylic acids is 1. The van der Waals surface area contributed by atoms with Crippen molar-refractivity contribution in [2.24, 2.45) is 0 Å². The molecule has 1 atom stereocenters. The van der Waals surface area contributed by atoms with Gasteiger partial charge in [-0.3, -0.25) is 9.78 Å². The molecule has 1 amide bonds. The number of amides is 1. The van der Waals surface area contributed by atoms with Crippen molar-refractivity contribution < 1.29 is 9.18 Å². The quantitative estimate of drug-likeness (QED) is 0.907. The SMILES string of the molecule is CCC1CCCCN1C(=O)c1cc(Nc2cccc(F)c2)ccn1. The average molecular weight is 327 g/mol. The predicted molar refractivity (Wildman–Crippen MR) is 92.9 cm³/mol. The van der Waals surface area contributed by atoms with Crippen LogP contribution in [0.4, 0.5) is 15.8 Å². The van der Waals surface area contributed by atoms with Gasteiger partial charge in [0.1, 0.15) is 11.5 Å². The summed E-state index contributed by atoms with van der Waals surface area (Å²) in [6, 6.07) is 10.0. The Hall–Kier alpha value is -2.43. The average Bonchev–Trinajstić information content (AvgIpc) is 2.61. The highest BCUT2D eigenvalue weighted by Gasteiger charge is 2.26. The van der Waals surface area contributed by atoms with E-state index >= 15 is 0 Å². The molecule has 1 fully saturated rings. The monoisotopic (exact) mass is 327 g/mol. The van der Waals surface area contributed by atoms with E-state index in [1.54, 1.807) is 30.5 Å². The lowest BCUT2D eigenvalue weighted by Gasteiger charge is -2.35. The van der Waals surface area contributed by atoms with Crippen LogP contribution in [0.3, 0.4) is 0 Å². The number of nitrogens with zero attached hydrogens (tertiary/aromatic N) is 2. The summed E-state index contributed by atoms with van der Waals surface area (Å²) in [4.78, 5) is 19.0. The second kappa shape index (κ2) is 7.43. The maximum absolute atomic E-state index is 13.3. The molecule has 0 radical (unpaired) electrons. The summed E-state index contributed by atoms with van der Waals surface area (Å²) in [6.07, 6.45) is 5.86. The first-order valence-electron chi connectivity index (χ1n) is 8.47. The molecule has 2 aromatic rings. The lowest BCUT2D eigenvalue weighted by molar-refractivity contribution is 0.0602. The number of carbonyl (C=O) groups is 1. The highest BCUT2D eigenvalue weighted by atomic mass is 19.1. The Morgan fingerprint density at radius 1 is 1.29 bits per heavy atom. The fourth-order valence-corrected chi connectivity index (χ4v) is 3.20. The number of benzene rings is 1. The maximum Gasteiger partial charge on any atom is 0.272 e. The minimum Gasteiger partial charge on any atom is -0.355 e. The third kappa shape index (κ3) is 3.72. The van der Waals surface area contributed by atoms with Crippen LogP contribution in [0.2, 0.25) is 0 Å². The molecule has 1 unspecified atom stereocenters. The zero-order valence-electron chi connectivity index (χ0n) is 13.8. The van der Waals surface area contributed by atoms with Gasteiger partial charge in [0.2, 0.25) is 0 Å². The van der Waals surface area contributed by atoms with Gasteiger partial charge in [0, 0.05) is 30.2 Å². The molecule has 0 aliphatic carbocycles. The molecule has 5 heteroatoms. The van der Waals surface area contributed by atoms with Crippen LogP contribution < -0.4 is 5.32 Å². The maximum atomic E-state index is 13.3. The molecule has 1 aromatic heterocycles. The van der Waals surface area contributed by atoms with E-state index in [0.29, 0.717) is 17.4 Å². The van der Waals surface area contributed by atoms with Crippen molar-refractivity contribution >= 4 is 17.3 Å². The molecule has 3 rings (SSSR count). The second-order valence-electron chi connectivity index (χ2n) is 6.12. The van der Waals surface area contributed by atoms with Gasteiger partial charge < -0.3 is 10.2 Å². The first kappa shape index (κ1) is 16.4. The van der Waals surface area contributed by atoms with Crippen molar-refractivity contribution in [3.05, 3.63) is 54.1 Å². The highest BCUT2D eigenvalue weighted by Crippen LogP contribution is 2.23. The van der Waals surface area contributed by atoms with Gasteiger partial charge in [-0.2, -0.15) is 0 Å². The normalized spacial score (nSPS) is 17.6. The molecule has 1 aliphatic rings. The minimum atomic E-state index is -0.301. The fourth-order valence-electron chi connectivity index (χ4n) is 3.20. The van der Waals surface area contributed by atoms with E-state index in [-0.39, 0.29) is 11.7 Å². The van der Waals surface area contributed by atoms with Gasteiger partial charge >= 0.3 is 0 Å². The van der Waals surface area contributed by atoms with E-state index in [4.69, 9.17) is 0 Å². The first-order valence-corrected chi connectivity index (χ1v) is 8.47. The van der Waals surface area contributed by atoms with Gasteiger partial charge in [-0.05, 0) is 56.0 Å². The zero-order valence-corrected chi connectivity index (χ0v) is 13.8. The molecule has 2 heterocycles. The Morgan fingerprint density at radius 3 is 2.92 bits per heavy atom. The molecule has 1 aliphatic heterocycles. The van der Waals surface area contributed by atoms with Crippen LogP contribution in [0.1, 0.15) is 43.1 Å². The molecule has 1 aromatic carbocycles. The van der Waals surface area contributed by atoms with E-state index in [1.807, 2.05) is 4.90 Å². The van der Waals surface area contributed by atoms with Crippen LogP contribution in [-0.2, 0) is 0 Å². The number of piperidine rings is 1. The molecule has 126 valence electrons. The summed E-state index contributed by atoms with van der Waals surface area (Å²) in [5, 5.41) is 3.12. The van der Waals surface area contributed by atoms with Gasteiger partial charge in [0.05, 0.1) is 0 Å². The van der Waals surface area contributed by atoms with Crippen molar-refractivity contribution in [3.63, 3.8) is 0 Å². The molecule has 0 spiro atoms. The predicted octanol–water partition coefficient (Wildman–Crippen LogP) is 4.37. The van der Waals surface area contributed by atoms with Gasteiger partial charge in [0.25, 0.3) is 5.91 Å². The van der Waals surface area contributed by atoms with Crippen LogP contribution in [0.5, 0.6) is 0 Å². The smallest absolute Gasteiger partial charge is 0.272 e. The largest absolute Gasteiger partial charge is 0.355 e. The van der Waals surface area contributed by atoms with Crippen molar-refractivity contribution in [3.8, 4) is 0 Å². The summed E-state index contributed by atoms with van der Waals surface area (Å²) in [5.41, 5.74) is 1.80. The minimum absolute atomic E-state index is 0.0237. The summed E-state index contributed by atoms with van der Waals surface area (Å²) in [5.74, 6) is -0.325.